The second-order valence-electron chi connectivity index (χ2n) is 4.31. The van der Waals surface area contributed by atoms with E-state index in [-0.39, 0.29) is 6.10 Å². The molecule has 92 valence electrons. The van der Waals surface area contributed by atoms with Crippen LogP contribution in [0.3, 0.4) is 0 Å². The fraction of sp³-hybridized carbons (Fsp3) is 0.286. The maximum absolute atomic E-state index is 5.76. The van der Waals surface area contributed by atoms with Crippen molar-refractivity contribution in [2.24, 2.45) is 5.73 Å². The SMILES string of the molecule is NCC1OCCc2c(-c3ccncn3)cccc21. The van der Waals surface area contributed by atoms with Gasteiger partial charge < -0.3 is 10.5 Å². The number of nitrogens with two attached hydrogens (primary N) is 1. The van der Waals surface area contributed by atoms with E-state index in [2.05, 4.69) is 22.1 Å². The fourth-order valence-corrected chi connectivity index (χ4v) is 2.46. The van der Waals surface area contributed by atoms with Crippen molar-refractivity contribution in [1.29, 1.82) is 0 Å². The lowest BCUT2D eigenvalue weighted by molar-refractivity contribution is 0.0486. The third-order valence-electron chi connectivity index (χ3n) is 3.30. The number of fused-ring (bicyclic) bond motifs is 1. The highest BCUT2D eigenvalue weighted by Crippen LogP contribution is 2.32. The Morgan fingerprint density at radius 1 is 1.33 bits per heavy atom. The Morgan fingerprint density at radius 2 is 2.28 bits per heavy atom. The maximum Gasteiger partial charge on any atom is 0.116 e. The molecule has 1 atom stereocenters. The highest BCUT2D eigenvalue weighted by Gasteiger charge is 2.22. The Labute approximate surface area is 106 Å². The van der Waals surface area contributed by atoms with Gasteiger partial charge >= 0.3 is 0 Å². The molecule has 0 radical (unpaired) electrons. The zero-order chi connectivity index (χ0) is 12.4. The van der Waals surface area contributed by atoms with E-state index in [1.165, 1.54) is 11.1 Å². The van der Waals surface area contributed by atoms with Gasteiger partial charge in [0.05, 0.1) is 18.4 Å². The quantitative estimate of drug-likeness (QED) is 0.869. The molecule has 4 nitrogen and oxygen atoms in total. The average molecular weight is 241 g/mol. The van der Waals surface area contributed by atoms with E-state index in [0.29, 0.717) is 6.54 Å². The first-order valence-corrected chi connectivity index (χ1v) is 6.10. The molecule has 0 saturated carbocycles. The monoisotopic (exact) mass is 241 g/mol. The summed E-state index contributed by atoms with van der Waals surface area (Å²) >= 11 is 0. The molecule has 1 aromatic carbocycles. The molecule has 2 heterocycles. The fourth-order valence-electron chi connectivity index (χ4n) is 2.46. The van der Waals surface area contributed by atoms with Gasteiger partial charge in [0.2, 0.25) is 0 Å². The smallest absolute Gasteiger partial charge is 0.116 e. The van der Waals surface area contributed by atoms with E-state index < -0.39 is 0 Å². The summed E-state index contributed by atoms with van der Waals surface area (Å²) in [6, 6.07) is 8.16. The van der Waals surface area contributed by atoms with Crippen LogP contribution < -0.4 is 5.73 Å². The molecule has 0 spiro atoms. The van der Waals surface area contributed by atoms with Crippen molar-refractivity contribution >= 4 is 0 Å². The highest BCUT2D eigenvalue weighted by atomic mass is 16.5. The first-order valence-electron chi connectivity index (χ1n) is 6.10. The van der Waals surface area contributed by atoms with E-state index in [1.54, 1.807) is 12.5 Å². The average Bonchev–Trinajstić information content (AvgIpc) is 2.47. The molecule has 0 aliphatic carbocycles. The van der Waals surface area contributed by atoms with Gasteiger partial charge in [-0.2, -0.15) is 0 Å². The molecule has 1 aromatic heterocycles. The molecule has 0 amide bonds. The summed E-state index contributed by atoms with van der Waals surface area (Å²) in [6.07, 6.45) is 4.26. The van der Waals surface area contributed by atoms with Crippen molar-refractivity contribution in [2.45, 2.75) is 12.5 Å². The van der Waals surface area contributed by atoms with Crippen molar-refractivity contribution in [2.75, 3.05) is 13.2 Å². The van der Waals surface area contributed by atoms with Crippen LogP contribution in [-0.4, -0.2) is 23.1 Å². The van der Waals surface area contributed by atoms with Gasteiger partial charge in [-0.3, -0.25) is 0 Å². The molecule has 2 N–H and O–H groups in total. The molecule has 4 heteroatoms. The van der Waals surface area contributed by atoms with Gasteiger partial charge in [-0.05, 0) is 23.6 Å². The van der Waals surface area contributed by atoms with E-state index in [1.807, 2.05) is 12.1 Å². The molecule has 0 bridgehead atoms. The van der Waals surface area contributed by atoms with Crippen LogP contribution in [0.25, 0.3) is 11.3 Å². The second kappa shape index (κ2) is 4.84. The molecule has 1 aliphatic rings. The van der Waals surface area contributed by atoms with Crippen LogP contribution >= 0.6 is 0 Å². The van der Waals surface area contributed by atoms with Crippen LogP contribution in [0.5, 0.6) is 0 Å². The molecule has 0 saturated heterocycles. The zero-order valence-corrected chi connectivity index (χ0v) is 10.0. The Morgan fingerprint density at radius 3 is 3.06 bits per heavy atom. The lowest BCUT2D eigenvalue weighted by Crippen LogP contribution is -2.23. The molecule has 1 unspecified atom stereocenters. The maximum atomic E-state index is 5.76. The number of hydrogen-bond donors (Lipinski definition) is 1. The normalized spacial score (nSPS) is 18.4. The minimum absolute atomic E-state index is 0.00976. The number of benzene rings is 1. The number of aromatic nitrogens is 2. The topological polar surface area (TPSA) is 61.0 Å². The molecule has 2 aromatic rings. The third kappa shape index (κ3) is 1.89. The van der Waals surface area contributed by atoms with Gasteiger partial charge in [-0.25, -0.2) is 9.97 Å². The zero-order valence-electron chi connectivity index (χ0n) is 10.0. The molecule has 1 aliphatic heterocycles. The van der Waals surface area contributed by atoms with E-state index in [0.717, 1.165) is 24.3 Å². The van der Waals surface area contributed by atoms with Crippen LogP contribution in [0, 0.1) is 0 Å². The second-order valence-corrected chi connectivity index (χ2v) is 4.31. The summed E-state index contributed by atoms with van der Waals surface area (Å²) in [5.74, 6) is 0. The summed E-state index contributed by atoms with van der Waals surface area (Å²) in [4.78, 5) is 8.28. The Balaban J connectivity index is 2.12. The van der Waals surface area contributed by atoms with E-state index in [9.17, 15) is 0 Å². The molecule has 3 rings (SSSR count). The summed E-state index contributed by atoms with van der Waals surface area (Å²) < 4.78 is 5.69. The van der Waals surface area contributed by atoms with Gasteiger partial charge in [-0.15, -0.1) is 0 Å². The summed E-state index contributed by atoms with van der Waals surface area (Å²) in [6.45, 7) is 1.23. The lowest BCUT2D eigenvalue weighted by atomic mass is 9.91. The van der Waals surface area contributed by atoms with Crippen molar-refractivity contribution in [3.8, 4) is 11.3 Å². The number of rotatable bonds is 2. The number of nitrogens with zero attached hydrogens (tertiary/aromatic N) is 2. The summed E-state index contributed by atoms with van der Waals surface area (Å²) in [5.41, 5.74) is 10.4. The summed E-state index contributed by atoms with van der Waals surface area (Å²) in [7, 11) is 0. The van der Waals surface area contributed by atoms with Gasteiger partial charge in [0.25, 0.3) is 0 Å². The van der Waals surface area contributed by atoms with Gasteiger partial charge in [0, 0.05) is 18.3 Å². The minimum Gasteiger partial charge on any atom is -0.372 e. The number of ether oxygens (including phenoxy) is 1. The minimum atomic E-state index is 0.00976. The molecular weight excluding hydrogens is 226 g/mol. The number of hydrogen-bond acceptors (Lipinski definition) is 4. The van der Waals surface area contributed by atoms with Crippen molar-refractivity contribution < 1.29 is 4.74 Å². The van der Waals surface area contributed by atoms with E-state index in [4.69, 9.17) is 10.5 Å². The first-order chi connectivity index (χ1) is 8.90. The molecule has 18 heavy (non-hydrogen) atoms. The van der Waals surface area contributed by atoms with Gasteiger partial charge in [0.15, 0.2) is 0 Å². The molecular formula is C14H15N3O. The predicted molar refractivity (Wildman–Crippen MR) is 68.9 cm³/mol. The first kappa shape index (κ1) is 11.3. The van der Waals surface area contributed by atoms with Gasteiger partial charge in [0.1, 0.15) is 6.33 Å². The van der Waals surface area contributed by atoms with Crippen LogP contribution in [0.2, 0.25) is 0 Å². The predicted octanol–water partition coefficient (Wildman–Crippen LogP) is 1.72. The lowest BCUT2D eigenvalue weighted by Gasteiger charge is -2.26. The third-order valence-corrected chi connectivity index (χ3v) is 3.30. The Hall–Kier alpha value is -1.78. The standard InChI is InChI=1S/C14H15N3O/c15-8-14-12-3-1-2-11(10(12)5-7-18-14)13-4-6-16-9-17-13/h1-4,6,9,14H,5,7-8,15H2. The van der Waals surface area contributed by atoms with Gasteiger partial charge in [-0.1, -0.05) is 18.2 Å². The van der Waals surface area contributed by atoms with Crippen molar-refractivity contribution in [3.63, 3.8) is 0 Å². The van der Waals surface area contributed by atoms with Crippen LogP contribution in [0.15, 0.2) is 36.8 Å². The Bertz CT molecular complexity index is 542. The largest absolute Gasteiger partial charge is 0.372 e. The summed E-state index contributed by atoms with van der Waals surface area (Å²) in [5, 5.41) is 0. The van der Waals surface area contributed by atoms with Crippen LogP contribution in [-0.2, 0) is 11.2 Å². The van der Waals surface area contributed by atoms with Crippen LogP contribution in [0.4, 0.5) is 0 Å². The van der Waals surface area contributed by atoms with Crippen LogP contribution in [0.1, 0.15) is 17.2 Å². The van der Waals surface area contributed by atoms with Crippen molar-refractivity contribution in [3.05, 3.63) is 47.9 Å². The van der Waals surface area contributed by atoms with E-state index >= 15 is 0 Å². The van der Waals surface area contributed by atoms with Crippen molar-refractivity contribution in [1.82, 2.24) is 9.97 Å². The molecule has 0 fully saturated rings. The Kier molecular flexibility index (Phi) is 3.04. The highest BCUT2D eigenvalue weighted by molar-refractivity contribution is 5.65.